The summed E-state index contributed by atoms with van der Waals surface area (Å²) in [6.45, 7) is 6.05. The molecule has 0 aromatic heterocycles. The summed E-state index contributed by atoms with van der Waals surface area (Å²) < 4.78 is 11.7. The van der Waals surface area contributed by atoms with Gasteiger partial charge in [-0.25, -0.2) is 0 Å². The van der Waals surface area contributed by atoms with Crippen molar-refractivity contribution in [1.82, 2.24) is 0 Å². The summed E-state index contributed by atoms with van der Waals surface area (Å²) in [5.41, 5.74) is 6.40. The molecular formula is C24H25ClN4O2. The average Bonchev–Trinajstić information content (AvgIpc) is 2.75. The molecule has 2 aliphatic carbocycles. The summed E-state index contributed by atoms with van der Waals surface area (Å²) in [4.78, 5) is 0. The predicted octanol–water partition coefficient (Wildman–Crippen LogP) is 5.12. The van der Waals surface area contributed by atoms with Crippen LogP contribution in [0.4, 0.5) is 0 Å². The van der Waals surface area contributed by atoms with Crippen LogP contribution in [0.25, 0.3) is 0 Å². The van der Waals surface area contributed by atoms with Crippen molar-refractivity contribution in [3.8, 4) is 29.7 Å². The Labute approximate surface area is 188 Å². The fourth-order valence-corrected chi connectivity index (χ4v) is 4.89. The van der Waals surface area contributed by atoms with Crippen LogP contribution < -0.4 is 15.2 Å². The summed E-state index contributed by atoms with van der Waals surface area (Å²) in [5.74, 6) is 0.102. The molecule has 0 aliphatic heterocycles. The first kappa shape index (κ1) is 22.5. The Morgan fingerprint density at radius 2 is 1.97 bits per heavy atom. The summed E-state index contributed by atoms with van der Waals surface area (Å²) in [6, 6.07) is 9.94. The van der Waals surface area contributed by atoms with Gasteiger partial charge >= 0.3 is 0 Å². The van der Waals surface area contributed by atoms with Crippen LogP contribution in [-0.4, -0.2) is 12.7 Å². The van der Waals surface area contributed by atoms with Gasteiger partial charge in [0.1, 0.15) is 6.07 Å². The molecule has 0 amide bonds. The maximum absolute atomic E-state index is 10.2. The quantitative estimate of drug-likeness (QED) is 0.684. The lowest BCUT2D eigenvalue weighted by Gasteiger charge is -2.43. The van der Waals surface area contributed by atoms with Crippen molar-refractivity contribution in [2.24, 2.45) is 17.1 Å². The van der Waals surface area contributed by atoms with Crippen LogP contribution in [0.3, 0.4) is 0 Å². The van der Waals surface area contributed by atoms with Gasteiger partial charge in [-0.1, -0.05) is 17.7 Å². The van der Waals surface area contributed by atoms with Crippen LogP contribution in [-0.2, 0) is 0 Å². The molecule has 2 atom stereocenters. The van der Waals surface area contributed by atoms with E-state index in [4.69, 9.17) is 26.8 Å². The minimum Gasteiger partial charge on any atom is -0.490 e. The first-order chi connectivity index (χ1) is 14.8. The lowest BCUT2D eigenvalue weighted by molar-refractivity contribution is 0.223. The smallest absolute Gasteiger partial charge is 0.191 e. The maximum atomic E-state index is 10.2. The topological polar surface area (TPSA) is 116 Å². The van der Waals surface area contributed by atoms with Gasteiger partial charge in [0, 0.05) is 5.92 Å². The van der Waals surface area contributed by atoms with Crippen molar-refractivity contribution in [2.75, 3.05) is 6.61 Å². The molecular weight excluding hydrogens is 412 g/mol. The molecule has 0 fully saturated rings. The van der Waals surface area contributed by atoms with E-state index in [-0.39, 0.29) is 23.3 Å². The molecule has 160 valence electrons. The number of ether oxygens (including phenoxy) is 2. The van der Waals surface area contributed by atoms with Crippen molar-refractivity contribution in [1.29, 1.82) is 15.8 Å². The van der Waals surface area contributed by atoms with Gasteiger partial charge in [-0.3, -0.25) is 0 Å². The van der Waals surface area contributed by atoms with Gasteiger partial charge in [0.15, 0.2) is 16.9 Å². The van der Waals surface area contributed by atoms with E-state index in [9.17, 15) is 15.8 Å². The number of nitrogens with two attached hydrogens (primary N) is 1. The number of rotatable bonds is 5. The van der Waals surface area contributed by atoms with E-state index in [0.717, 1.165) is 24.8 Å². The maximum Gasteiger partial charge on any atom is 0.191 e. The number of nitriles is 3. The molecule has 0 bridgehead atoms. The largest absolute Gasteiger partial charge is 0.490 e. The average molecular weight is 437 g/mol. The fraction of sp³-hybridized carbons (Fsp3) is 0.458. The highest BCUT2D eigenvalue weighted by atomic mass is 35.5. The second-order valence-electron chi connectivity index (χ2n) is 8.04. The minimum atomic E-state index is -1.68. The van der Waals surface area contributed by atoms with Crippen LogP contribution in [0.5, 0.6) is 11.5 Å². The summed E-state index contributed by atoms with van der Waals surface area (Å²) in [7, 11) is 0. The molecule has 2 N–H and O–H groups in total. The Balaban J connectivity index is 2.30. The molecule has 1 aromatic carbocycles. The zero-order valence-corrected chi connectivity index (χ0v) is 18.7. The Bertz CT molecular complexity index is 1050. The van der Waals surface area contributed by atoms with Crippen molar-refractivity contribution in [2.45, 2.75) is 52.1 Å². The molecule has 0 unspecified atom stereocenters. The van der Waals surface area contributed by atoms with Gasteiger partial charge in [0.05, 0.1) is 41.1 Å². The number of allylic oxidation sites excluding steroid dienone is 4. The number of benzene rings is 1. The van der Waals surface area contributed by atoms with Crippen molar-refractivity contribution < 1.29 is 9.47 Å². The van der Waals surface area contributed by atoms with Gasteiger partial charge in [-0.05, 0) is 69.2 Å². The predicted molar refractivity (Wildman–Crippen MR) is 117 cm³/mol. The number of halogens is 1. The van der Waals surface area contributed by atoms with E-state index in [1.807, 2.05) is 26.8 Å². The number of nitrogens with zero attached hydrogens (tertiary/aromatic N) is 3. The molecule has 2 aliphatic rings. The molecule has 0 spiro atoms. The van der Waals surface area contributed by atoms with Gasteiger partial charge in [-0.2, -0.15) is 15.8 Å². The first-order valence-electron chi connectivity index (χ1n) is 10.4. The van der Waals surface area contributed by atoms with E-state index >= 15 is 0 Å². The summed E-state index contributed by atoms with van der Waals surface area (Å²) >= 11 is 6.60. The zero-order valence-electron chi connectivity index (χ0n) is 17.9. The van der Waals surface area contributed by atoms with Gasteiger partial charge in [-0.15, -0.1) is 0 Å². The second kappa shape index (κ2) is 8.93. The Morgan fingerprint density at radius 1 is 1.26 bits per heavy atom. The highest BCUT2D eigenvalue weighted by Crippen LogP contribution is 2.57. The van der Waals surface area contributed by atoms with Gasteiger partial charge in [0.2, 0.25) is 0 Å². The van der Waals surface area contributed by atoms with Gasteiger partial charge < -0.3 is 15.2 Å². The minimum absolute atomic E-state index is 0.00555. The summed E-state index contributed by atoms with van der Waals surface area (Å²) in [6.07, 6.45) is 4.36. The molecule has 31 heavy (non-hydrogen) atoms. The third kappa shape index (κ3) is 3.71. The van der Waals surface area contributed by atoms with E-state index in [1.54, 1.807) is 12.1 Å². The molecule has 0 saturated heterocycles. The standard InChI is InChI=1S/C24H25ClN4O2/c1-4-30-20-10-15(9-19(25)22(20)31-14(2)3)21-17-8-6-5-7-16(17)18(11-26)23(29)24(21,12-27)13-28/h7,9-10,14,17,21H,4-6,8,29H2,1-3H3/t17-,21+/m0/s1. The Hall–Kier alpha value is -3.14. The number of hydrogen-bond donors (Lipinski definition) is 1. The molecule has 0 heterocycles. The Morgan fingerprint density at radius 3 is 2.55 bits per heavy atom. The van der Waals surface area contributed by atoms with Crippen molar-refractivity contribution >= 4 is 11.6 Å². The van der Waals surface area contributed by atoms with Crippen LogP contribution >= 0.6 is 11.6 Å². The normalized spacial score (nSPS) is 21.9. The first-order valence-corrected chi connectivity index (χ1v) is 10.8. The molecule has 0 saturated carbocycles. The molecule has 1 aromatic rings. The van der Waals surface area contributed by atoms with Crippen LogP contribution in [0.1, 0.15) is 51.5 Å². The zero-order chi connectivity index (χ0) is 22.8. The second-order valence-corrected chi connectivity index (χ2v) is 8.44. The molecule has 6 nitrogen and oxygen atoms in total. The van der Waals surface area contributed by atoms with E-state index in [2.05, 4.69) is 18.2 Å². The van der Waals surface area contributed by atoms with E-state index in [0.29, 0.717) is 28.7 Å². The van der Waals surface area contributed by atoms with E-state index < -0.39 is 11.3 Å². The van der Waals surface area contributed by atoms with Crippen LogP contribution in [0.2, 0.25) is 5.02 Å². The third-order valence-corrected chi connectivity index (χ3v) is 6.12. The fourth-order valence-electron chi connectivity index (χ4n) is 4.63. The van der Waals surface area contributed by atoms with Crippen LogP contribution in [0.15, 0.2) is 35.1 Å². The lowest BCUT2D eigenvalue weighted by atomic mass is 9.57. The monoisotopic (exact) mass is 436 g/mol. The molecule has 0 radical (unpaired) electrons. The van der Waals surface area contributed by atoms with Crippen molar-refractivity contribution in [3.63, 3.8) is 0 Å². The highest BCUT2D eigenvalue weighted by Gasteiger charge is 2.54. The van der Waals surface area contributed by atoms with Crippen molar-refractivity contribution in [3.05, 3.63) is 45.6 Å². The molecule has 3 rings (SSSR count). The SMILES string of the molecule is CCOc1cc([C@@H]2[C@H]3CCCC=C3C(C#N)=C(N)C2(C#N)C#N)cc(Cl)c1OC(C)C. The Kier molecular flexibility index (Phi) is 6.49. The highest BCUT2D eigenvalue weighted by molar-refractivity contribution is 6.32. The number of fused-ring (bicyclic) bond motifs is 1. The van der Waals surface area contributed by atoms with E-state index in [1.165, 1.54) is 0 Å². The summed E-state index contributed by atoms with van der Waals surface area (Å²) in [5, 5.41) is 30.4. The number of hydrogen-bond acceptors (Lipinski definition) is 6. The van der Waals surface area contributed by atoms with Crippen LogP contribution in [0, 0.1) is 45.3 Å². The van der Waals surface area contributed by atoms with Gasteiger partial charge in [0.25, 0.3) is 0 Å². The lowest BCUT2D eigenvalue weighted by Crippen LogP contribution is -2.42. The third-order valence-electron chi connectivity index (χ3n) is 5.84. The molecule has 7 heteroatoms.